The highest BCUT2D eigenvalue weighted by atomic mass is 16.5. The molecule has 0 saturated carbocycles. The molecule has 2 fully saturated rings. The van der Waals surface area contributed by atoms with Gasteiger partial charge in [0.25, 0.3) is 0 Å². The first-order valence-corrected chi connectivity index (χ1v) is 10.0. The molecule has 5 rings (SSSR count). The third-order valence-corrected chi connectivity index (χ3v) is 6.21. The molecule has 3 aliphatic heterocycles. The number of aromatic nitrogens is 1. The smallest absolute Gasteiger partial charge is 0.230 e. The summed E-state index contributed by atoms with van der Waals surface area (Å²) in [5.41, 5.74) is 1.52. The fourth-order valence-corrected chi connectivity index (χ4v) is 4.78. The van der Waals surface area contributed by atoms with E-state index in [1.165, 1.54) is 5.56 Å². The summed E-state index contributed by atoms with van der Waals surface area (Å²) >= 11 is 0. The number of benzene rings is 1. The molecule has 4 heterocycles. The number of likely N-dealkylation sites (tertiary alicyclic amines) is 1. The van der Waals surface area contributed by atoms with Crippen LogP contribution in [0.1, 0.15) is 11.1 Å². The van der Waals surface area contributed by atoms with Gasteiger partial charge in [-0.05, 0) is 29.7 Å². The molecule has 6 nitrogen and oxygen atoms in total. The molecule has 2 amide bonds. The van der Waals surface area contributed by atoms with Crippen molar-refractivity contribution in [3.63, 3.8) is 0 Å². The molecule has 148 valence electrons. The SMILES string of the molecule is O=C(NCc1ccncc1)[C@H]1[C@H]2C(=O)N(CCc3ccccc3)C[C@@]23C=C[C@H]1O3. The highest BCUT2D eigenvalue weighted by Gasteiger charge is 2.66. The van der Waals surface area contributed by atoms with Crippen LogP contribution in [-0.4, -0.2) is 46.5 Å². The molecular weight excluding hydrogens is 366 g/mol. The van der Waals surface area contributed by atoms with Crippen molar-refractivity contribution in [3.8, 4) is 0 Å². The first-order chi connectivity index (χ1) is 14.2. The van der Waals surface area contributed by atoms with E-state index in [0.29, 0.717) is 19.6 Å². The average Bonchev–Trinajstić information content (AvgIpc) is 3.40. The van der Waals surface area contributed by atoms with E-state index in [4.69, 9.17) is 4.74 Å². The maximum Gasteiger partial charge on any atom is 0.230 e. The maximum absolute atomic E-state index is 13.2. The van der Waals surface area contributed by atoms with Crippen LogP contribution in [0.4, 0.5) is 0 Å². The monoisotopic (exact) mass is 389 g/mol. The number of fused-ring (bicyclic) bond motifs is 1. The van der Waals surface area contributed by atoms with Crippen LogP contribution >= 0.6 is 0 Å². The fourth-order valence-electron chi connectivity index (χ4n) is 4.78. The number of amides is 2. The Kier molecular flexibility index (Phi) is 4.43. The van der Waals surface area contributed by atoms with E-state index in [0.717, 1.165) is 12.0 Å². The van der Waals surface area contributed by atoms with Gasteiger partial charge in [0.05, 0.1) is 24.5 Å². The minimum atomic E-state index is -0.656. The Morgan fingerprint density at radius 3 is 2.76 bits per heavy atom. The van der Waals surface area contributed by atoms with Crippen LogP contribution in [0.15, 0.2) is 67.0 Å². The summed E-state index contributed by atoms with van der Waals surface area (Å²) < 4.78 is 6.18. The van der Waals surface area contributed by atoms with Crippen molar-refractivity contribution >= 4 is 11.8 Å². The number of nitrogens with zero attached hydrogens (tertiary/aromatic N) is 2. The summed E-state index contributed by atoms with van der Waals surface area (Å²) in [6.45, 7) is 1.57. The molecule has 1 spiro atoms. The summed E-state index contributed by atoms with van der Waals surface area (Å²) in [7, 11) is 0. The molecule has 0 unspecified atom stereocenters. The molecule has 4 atom stereocenters. The molecule has 29 heavy (non-hydrogen) atoms. The second-order valence-electron chi connectivity index (χ2n) is 7.97. The van der Waals surface area contributed by atoms with Gasteiger partial charge in [0.1, 0.15) is 5.60 Å². The number of nitrogens with one attached hydrogen (secondary N) is 1. The molecule has 1 aromatic heterocycles. The lowest BCUT2D eigenvalue weighted by Gasteiger charge is -2.23. The van der Waals surface area contributed by atoms with Gasteiger partial charge >= 0.3 is 0 Å². The van der Waals surface area contributed by atoms with Crippen LogP contribution in [0.5, 0.6) is 0 Å². The molecule has 3 aliphatic rings. The van der Waals surface area contributed by atoms with E-state index in [2.05, 4.69) is 22.4 Å². The van der Waals surface area contributed by atoms with E-state index in [1.807, 2.05) is 47.4 Å². The van der Waals surface area contributed by atoms with Crippen molar-refractivity contribution in [1.29, 1.82) is 0 Å². The molecule has 2 aromatic rings. The van der Waals surface area contributed by atoms with Gasteiger partial charge < -0.3 is 15.0 Å². The van der Waals surface area contributed by atoms with E-state index >= 15 is 0 Å². The molecule has 0 aliphatic carbocycles. The highest BCUT2D eigenvalue weighted by molar-refractivity contribution is 5.93. The van der Waals surface area contributed by atoms with E-state index in [1.54, 1.807) is 12.4 Å². The summed E-state index contributed by atoms with van der Waals surface area (Å²) in [5, 5.41) is 2.98. The van der Waals surface area contributed by atoms with Gasteiger partial charge in [-0.15, -0.1) is 0 Å². The number of carbonyl (C=O) groups excluding carboxylic acids is 2. The van der Waals surface area contributed by atoms with Gasteiger partial charge in [0.15, 0.2) is 0 Å². The Hall–Kier alpha value is -2.99. The number of pyridine rings is 1. The Morgan fingerprint density at radius 1 is 1.17 bits per heavy atom. The molecule has 1 N–H and O–H groups in total. The van der Waals surface area contributed by atoms with Gasteiger partial charge in [0, 0.05) is 25.5 Å². The molecular formula is C23H23N3O3. The number of hydrogen-bond donors (Lipinski definition) is 1. The second-order valence-corrected chi connectivity index (χ2v) is 7.97. The van der Waals surface area contributed by atoms with Crippen LogP contribution in [-0.2, 0) is 27.3 Å². The molecule has 2 saturated heterocycles. The molecule has 2 bridgehead atoms. The van der Waals surface area contributed by atoms with Gasteiger partial charge in [-0.2, -0.15) is 0 Å². The van der Waals surface area contributed by atoms with Crippen molar-refractivity contribution in [2.75, 3.05) is 13.1 Å². The summed E-state index contributed by atoms with van der Waals surface area (Å²) in [4.78, 5) is 32.0. The molecule has 0 radical (unpaired) electrons. The Bertz CT molecular complexity index is 946. The van der Waals surface area contributed by atoms with Crippen LogP contribution in [0.3, 0.4) is 0 Å². The average molecular weight is 389 g/mol. The van der Waals surface area contributed by atoms with Crippen LogP contribution in [0.2, 0.25) is 0 Å². The molecule has 6 heteroatoms. The maximum atomic E-state index is 13.2. The van der Waals surface area contributed by atoms with Crippen molar-refractivity contribution in [3.05, 3.63) is 78.1 Å². The second kappa shape index (κ2) is 7.12. The topological polar surface area (TPSA) is 71.5 Å². The number of rotatable bonds is 6. The first kappa shape index (κ1) is 18.1. The van der Waals surface area contributed by atoms with Gasteiger partial charge in [0.2, 0.25) is 11.8 Å². The van der Waals surface area contributed by atoms with Crippen molar-refractivity contribution in [1.82, 2.24) is 15.2 Å². The highest BCUT2D eigenvalue weighted by Crippen LogP contribution is 2.51. The van der Waals surface area contributed by atoms with Crippen LogP contribution in [0, 0.1) is 11.8 Å². The quantitative estimate of drug-likeness (QED) is 0.764. The van der Waals surface area contributed by atoms with Crippen molar-refractivity contribution in [2.24, 2.45) is 11.8 Å². The minimum absolute atomic E-state index is 0.0249. The Labute approximate surface area is 169 Å². The molecule has 1 aromatic carbocycles. The van der Waals surface area contributed by atoms with Gasteiger partial charge in [-0.1, -0.05) is 42.5 Å². The van der Waals surface area contributed by atoms with E-state index < -0.39 is 17.4 Å². The number of ether oxygens (including phenoxy) is 1. The normalized spacial score (nSPS) is 29.3. The van der Waals surface area contributed by atoms with Gasteiger partial charge in [-0.25, -0.2) is 0 Å². The lowest BCUT2D eigenvalue weighted by atomic mass is 9.77. The predicted molar refractivity (Wildman–Crippen MR) is 107 cm³/mol. The third kappa shape index (κ3) is 3.13. The summed E-state index contributed by atoms with van der Waals surface area (Å²) in [5.74, 6) is -1.01. The lowest BCUT2D eigenvalue weighted by Crippen LogP contribution is -2.44. The van der Waals surface area contributed by atoms with Crippen molar-refractivity contribution in [2.45, 2.75) is 24.7 Å². The zero-order valence-electron chi connectivity index (χ0n) is 16.0. The fraction of sp³-hybridized carbons (Fsp3) is 0.348. The zero-order chi connectivity index (χ0) is 19.8. The van der Waals surface area contributed by atoms with Crippen LogP contribution in [0.25, 0.3) is 0 Å². The predicted octanol–water partition coefficient (Wildman–Crippen LogP) is 1.72. The minimum Gasteiger partial charge on any atom is -0.360 e. The summed E-state index contributed by atoms with van der Waals surface area (Å²) in [6.07, 6.45) is 7.81. The standard InChI is InChI=1S/C23H23N3O3/c27-21(25-14-17-7-11-24-12-8-17)19-18-6-10-23(29-18)15-26(22(28)20(19)23)13-9-16-4-2-1-3-5-16/h1-8,10-12,18-20H,9,13-15H2,(H,25,27)/t18-,19-,20+,23+/m1/s1. The van der Waals surface area contributed by atoms with E-state index in [-0.39, 0.29) is 17.9 Å². The zero-order valence-corrected chi connectivity index (χ0v) is 16.0. The number of carbonyl (C=O) groups is 2. The lowest BCUT2D eigenvalue weighted by molar-refractivity contribution is -0.137. The Balaban J connectivity index is 1.28. The largest absolute Gasteiger partial charge is 0.360 e. The summed E-state index contributed by atoms with van der Waals surface area (Å²) in [6, 6.07) is 13.9. The van der Waals surface area contributed by atoms with Crippen molar-refractivity contribution < 1.29 is 14.3 Å². The van der Waals surface area contributed by atoms with Crippen LogP contribution < -0.4 is 5.32 Å². The first-order valence-electron chi connectivity index (χ1n) is 10.0. The van der Waals surface area contributed by atoms with E-state index in [9.17, 15) is 9.59 Å². The third-order valence-electron chi connectivity index (χ3n) is 6.21. The Morgan fingerprint density at radius 2 is 1.97 bits per heavy atom. The van der Waals surface area contributed by atoms with Gasteiger partial charge in [-0.3, -0.25) is 14.6 Å². The number of hydrogen-bond acceptors (Lipinski definition) is 4.